The Balaban J connectivity index is 2.33. The molecule has 0 aliphatic carbocycles. The Hall–Kier alpha value is -1.33. The first-order valence-electron chi connectivity index (χ1n) is 6.45. The maximum atomic E-state index is 6.08. The van der Waals surface area contributed by atoms with Gasteiger partial charge in [0.25, 0.3) is 0 Å². The SMILES string of the molecule is COc1cc(Nc2cc(Cl)nc(C(C)(C)C)n2)ccc1Br. The normalized spacial score (nSPS) is 11.3. The van der Waals surface area contributed by atoms with Crippen molar-refractivity contribution in [3.05, 3.63) is 39.7 Å². The van der Waals surface area contributed by atoms with Gasteiger partial charge in [-0.05, 0) is 28.1 Å². The number of methoxy groups -OCH3 is 1. The van der Waals surface area contributed by atoms with Crippen molar-refractivity contribution in [3.8, 4) is 5.75 Å². The minimum atomic E-state index is -0.168. The molecule has 0 radical (unpaired) electrons. The predicted molar refractivity (Wildman–Crippen MR) is 89.7 cm³/mol. The van der Waals surface area contributed by atoms with Crippen molar-refractivity contribution >= 4 is 39.0 Å². The molecule has 0 aliphatic heterocycles. The number of rotatable bonds is 3. The zero-order chi connectivity index (χ0) is 15.6. The topological polar surface area (TPSA) is 47.0 Å². The highest BCUT2D eigenvalue weighted by atomic mass is 79.9. The van der Waals surface area contributed by atoms with Gasteiger partial charge in [0.2, 0.25) is 0 Å². The summed E-state index contributed by atoms with van der Waals surface area (Å²) < 4.78 is 6.17. The number of hydrogen-bond donors (Lipinski definition) is 1. The lowest BCUT2D eigenvalue weighted by atomic mass is 9.96. The highest BCUT2D eigenvalue weighted by Crippen LogP contribution is 2.30. The van der Waals surface area contributed by atoms with Gasteiger partial charge >= 0.3 is 0 Å². The molecular weight excluding hydrogens is 354 g/mol. The molecular formula is C15H17BrClN3O. The first kappa shape index (κ1) is 16.0. The Labute approximate surface area is 138 Å². The van der Waals surface area contributed by atoms with Crippen molar-refractivity contribution in [1.29, 1.82) is 0 Å². The van der Waals surface area contributed by atoms with E-state index >= 15 is 0 Å². The van der Waals surface area contributed by atoms with Gasteiger partial charge in [-0.3, -0.25) is 0 Å². The fraction of sp³-hybridized carbons (Fsp3) is 0.333. The Morgan fingerprint density at radius 1 is 1.19 bits per heavy atom. The fourth-order valence-corrected chi connectivity index (χ4v) is 2.29. The monoisotopic (exact) mass is 369 g/mol. The van der Waals surface area contributed by atoms with E-state index in [0.717, 1.165) is 15.9 Å². The standard InChI is InChI=1S/C15H17BrClN3O/c1-15(2,3)14-19-12(17)8-13(20-14)18-9-5-6-10(16)11(7-9)21-4/h5-8H,1-4H3,(H,18,19,20). The number of halogens is 2. The fourth-order valence-electron chi connectivity index (χ4n) is 1.70. The van der Waals surface area contributed by atoms with E-state index in [1.165, 1.54) is 0 Å². The molecule has 21 heavy (non-hydrogen) atoms. The molecule has 0 spiro atoms. The minimum absolute atomic E-state index is 0.168. The van der Waals surface area contributed by atoms with Crippen LogP contribution in [0.5, 0.6) is 5.75 Å². The summed E-state index contributed by atoms with van der Waals surface area (Å²) >= 11 is 9.51. The highest BCUT2D eigenvalue weighted by Gasteiger charge is 2.19. The van der Waals surface area contributed by atoms with E-state index in [2.05, 4.69) is 31.2 Å². The van der Waals surface area contributed by atoms with E-state index in [9.17, 15) is 0 Å². The predicted octanol–water partition coefficient (Wildman–Crippen LogP) is 4.94. The van der Waals surface area contributed by atoms with Crippen LogP contribution < -0.4 is 10.1 Å². The summed E-state index contributed by atoms with van der Waals surface area (Å²) in [6, 6.07) is 7.43. The van der Waals surface area contributed by atoms with E-state index in [4.69, 9.17) is 16.3 Å². The molecule has 1 aromatic carbocycles. The summed E-state index contributed by atoms with van der Waals surface area (Å²) in [6.45, 7) is 6.14. The van der Waals surface area contributed by atoms with Crippen molar-refractivity contribution in [3.63, 3.8) is 0 Å². The average Bonchev–Trinajstić information content (AvgIpc) is 2.39. The second kappa shape index (κ2) is 6.20. The number of nitrogens with zero attached hydrogens (tertiary/aromatic N) is 2. The van der Waals surface area contributed by atoms with E-state index in [-0.39, 0.29) is 5.41 Å². The van der Waals surface area contributed by atoms with Crippen LogP contribution in [0.2, 0.25) is 5.15 Å². The van der Waals surface area contributed by atoms with Crippen molar-refractivity contribution in [2.45, 2.75) is 26.2 Å². The summed E-state index contributed by atoms with van der Waals surface area (Å²) in [5.41, 5.74) is 0.698. The van der Waals surface area contributed by atoms with Crippen LogP contribution in [0.3, 0.4) is 0 Å². The number of ether oxygens (including phenoxy) is 1. The molecule has 0 atom stereocenters. The molecule has 1 heterocycles. The third-order valence-corrected chi connectivity index (χ3v) is 3.64. The molecule has 1 aromatic heterocycles. The van der Waals surface area contributed by atoms with Crippen LogP contribution in [0.4, 0.5) is 11.5 Å². The molecule has 0 saturated carbocycles. The summed E-state index contributed by atoms with van der Waals surface area (Å²) in [4.78, 5) is 8.80. The lowest BCUT2D eigenvalue weighted by Crippen LogP contribution is -2.16. The largest absolute Gasteiger partial charge is 0.495 e. The number of aromatic nitrogens is 2. The highest BCUT2D eigenvalue weighted by molar-refractivity contribution is 9.10. The van der Waals surface area contributed by atoms with Crippen LogP contribution in [0, 0.1) is 0 Å². The van der Waals surface area contributed by atoms with E-state index < -0.39 is 0 Å². The molecule has 2 rings (SSSR count). The van der Waals surface area contributed by atoms with Crippen LogP contribution in [0.25, 0.3) is 0 Å². The summed E-state index contributed by atoms with van der Waals surface area (Å²) in [5.74, 6) is 2.10. The van der Waals surface area contributed by atoms with Crippen LogP contribution in [-0.4, -0.2) is 17.1 Å². The number of nitrogens with one attached hydrogen (secondary N) is 1. The van der Waals surface area contributed by atoms with Crippen LogP contribution in [0.15, 0.2) is 28.7 Å². The van der Waals surface area contributed by atoms with Gasteiger partial charge in [-0.2, -0.15) is 0 Å². The van der Waals surface area contributed by atoms with Gasteiger partial charge in [0.05, 0.1) is 11.6 Å². The molecule has 0 unspecified atom stereocenters. The van der Waals surface area contributed by atoms with Gasteiger partial charge in [0, 0.05) is 23.2 Å². The lowest BCUT2D eigenvalue weighted by Gasteiger charge is -2.18. The lowest BCUT2D eigenvalue weighted by molar-refractivity contribution is 0.412. The van der Waals surface area contributed by atoms with Gasteiger partial charge < -0.3 is 10.1 Å². The third-order valence-electron chi connectivity index (χ3n) is 2.79. The minimum Gasteiger partial charge on any atom is -0.495 e. The molecule has 0 aliphatic rings. The number of benzene rings is 1. The second-order valence-corrected chi connectivity index (χ2v) is 6.87. The maximum Gasteiger partial charge on any atom is 0.137 e. The van der Waals surface area contributed by atoms with E-state index in [0.29, 0.717) is 16.8 Å². The Morgan fingerprint density at radius 3 is 2.52 bits per heavy atom. The zero-order valence-electron chi connectivity index (χ0n) is 12.4. The van der Waals surface area contributed by atoms with Crippen LogP contribution in [0.1, 0.15) is 26.6 Å². The summed E-state index contributed by atoms with van der Waals surface area (Å²) in [6.07, 6.45) is 0. The molecule has 2 aromatic rings. The van der Waals surface area contributed by atoms with Gasteiger partial charge in [0.1, 0.15) is 22.5 Å². The first-order chi connectivity index (χ1) is 9.79. The van der Waals surface area contributed by atoms with Gasteiger partial charge in [-0.1, -0.05) is 32.4 Å². The van der Waals surface area contributed by atoms with Gasteiger partial charge in [0.15, 0.2) is 0 Å². The van der Waals surface area contributed by atoms with Crippen molar-refractivity contribution in [2.24, 2.45) is 0 Å². The molecule has 4 nitrogen and oxygen atoms in total. The van der Waals surface area contributed by atoms with Crippen LogP contribution in [-0.2, 0) is 5.41 Å². The third kappa shape index (κ3) is 4.08. The van der Waals surface area contributed by atoms with Crippen LogP contribution >= 0.6 is 27.5 Å². The van der Waals surface area contributed by atoms with Gasteiger partial charge in [-0.25, -0.2) is 9.97 Å². The molecule has 6 heteroatoms. The molecule has 112 valence electrons. The zero-order valence-corrected chi connectivity index (χ0v) is 14.7. The Bertz CT molecular complexity index is 656. The molecule has 0 saturated heterocycles. The smallest absolute Gasteiger partial charge is 0.137 e. The van der Waals surface area contributed by atoms with Crippen molar-refractivity contribution in [2.75, 3.05) is 12.4 Å². The number of hydrogen-bond acceptors (Lipinski definition) is 4. The molecule has 0 fully saturated rings. The first-order valence-corrected chi connectivity index (χ1v) is 7.62. The van der Waals surface area contributed by atoms with Crippen molar-refractivity contribution < 1.29 is 4.74 Å². The maximum absolute atomic E-state index is 6.08. The van der Waals surface area contributed by atoms with E-state index in [1.54, 1.807) is 13.2 Å². The van der Waals surface area contributed by atoms with E-state index in [1.807, 2.05) is 39.0 Å². The molecule has 0 amide bonds. The quantitative estimate of drug-likeness (QED) is 0.777. The Morgan fingerprint density at radius 2 is 1.90 bits per heavy atom. The van der Waals surface area contributed by atoms with Gasteiger partial charge in [-0.15, -0.1) is 0 Å². The summed E-state index contributed by atoms with van der Waals surface area (Å²) in [7, 11) is 1.63. The Kier molecular flexibility index (Phi) is 4.74. The molecule has 0 bridgehead atoms. The second-order valence-electron chi connectivity index (χ2n) is 5.62. The summed E-state index contributed by atoms with van der Waals surface area (Å²) in [5, 5.41) is 3.64. The van der Waals surface area contributed by atoms with Crippen molar-refractivity contribution in [1.82, 2.24) is 9.97 Å². The molecule has 1 N–H and O–H groups in total. The number of anilines is 2. The average molecular weight is 371 g/mol.